The van der Waals surface area contributed by atoms with Gasteiger partial charge in [0, 0.05) is 17.7 Å². The zero-order valence-electron chi connectivity index (χ0n) is 23.2. The number of phenolic OH excluding ortho intramolecular Hbond substituents is 2. The van der Waals surface area contributed by atoms with Gasteiger partial charge in [-0.2, -0.15) is 0 Å². The third kappa shape index (κ3) is 8.24. The topological polar surface area (TPSA) is 179 Å². The fraction of sp³-hybridized carbons (Fsp3) is 0.333. The van der Waals surface area contributed by atoms with Crippen molar-refractivity contribution in [3.8, 4) is 36.2 Å². The van der Waals surface area contributed by atoms with Crippen LogP contribution >= 0.6 is 0 Å². The highest BCUT2D eigenvalue weighted by Gasteiger charge is 2.34. The maximum Gasteiger partial charge on any atom is 0.248 e. The van der Waals surface area contributed by atoms with Crippen molar-refractivity contribution in [1.29, 1.82) is 0 Å². The second-order valence-corrected chi connectivity index (χ2v) is 8.78. The number of carbonyl (C=O) groups is 2. The number of aliphatic carboxylic acids is 1. The van der Waals surface area contributed by atoms with Gasteiger partial charge in [-0.15, -0.1) is 12.8 Å². The number of amides is 1. The number of phenols is 2. The molecule has 216 valence electrons. The number of rotatable bonds is 5. The highest BCUT2D eigenvalue weighted by Crippen LogP contribution is 2.26. The average Bonchev–Trinajstić information content (AvgIpc) is 3.52. The summed E-state index contributed by atoms with van der Waals surface area (Å²) >= 11 is 0. The van der Waals surface area contributed by atoms with E-state index in [1.807, 2.05) is 13.8 Å². The molecule has 0 saturated carbocycles. The molecule has 2 aromatic rings. The van der Waals surface area contributed by atoms with Crippen molar-refractivity contribution in [2.24, 2.45) is 15.7 Å². The average molecular weight is 562 g/mol. The van der Waals surface area contributed by atoms with Gasteiger partial charge in [0.05, 0.1) is 17.1 Å². The number of nitrogens with two attached hydrogens (primary N) is 1. The summed E-state index contributed by atoms with van der Waals surface area (Å²) in [5.41, 5.74) is 6.67. The second kappa shape index (κ2) is 15.0. The molecule has 0 aromatic heterocycles. The molecule has 41 heavy (non-hydrogen) atoms. The van der Waals surface area contributed by atoms with Crippen molar-refractivity contribution in [3.05, 3.63) is 58.7 Å². The molecule has 2 aromatic carbocycles. The van der Waals surface area contributed by atoms with E-state index in [0.29, 0.717) is 28.8 Å². The Kier molecular flexibility index (Phi) is 11.8. The molecule has 4 rings (SSSR count). The van der Waals surface area contributed by atoms with E-state index in [4.69, 9.17) is 28.1 Å². The van der Waals surface area contributed by atoms with Crippen molar-refractivity contribution in [2.45, 2.75) is 52.0 Å². The highest BCUT2D eigenvalue weighted by molar-refractivity contribution is 6.01. The number of nitrogens with zero attached hydrogens (tertiary/aromatic N) is 2. The van der Waals surface area contributed by atoms with Crippen LogP contribution in [-0.4, -0.2) is 71.3 Å². The predicted molar refractivity (Wildman–Crippen MR) is 152 cm³/mol. The Bertz CT molecular complexity index is 1400. The Balaban J connectivity index is 0.000000263. The molecule has 0 fully saturated rings. The van der Waals surface area contributed by atoms with E-state index in [0.717, 1.165) is 6.54 Å². The minimum Gasteiger partial charge on any atom is -0.548 e. The number of ether oxygens (including phenoxy) is 2. The molecule has 2 aliphatic heterocycles. The molecule has 0 saturated heterocycles. The number of hydrogen-bond acceptors (Lipinski definition) is 10. The van der Waals surface area contributed by atoms with Crippen molar-refractivity contribution in [2.75, 3.05) is 13.1 Å². The number of nitrogens with one attached hydrogen (secondary N) is 1. The number of carbonyl (C=O) groups excluding carboxylic acids is 2. The lowest BCUT2D eigenvalue weighted by Gasteiger charge is -2.12. The molecule has 2 aliphatic rings. The fourth-order valence-corrected chi connectivity index (χ4v) is 3.67. The van der Waals surface area contributed by atoms with Gasteiger partial charge in [-0.3, -0.25) is 4.79 Å². The van der Waals surface area contributed by atoms with Crippen LogP contribution in [0.2, 0.25) is 0 Å². The Hall–Kier alpha value is -5.00. The number of aliphatic imine (C=N–C) groups is 2. The number of benzene rings is 2. The molecule has 11 nitrogen and oxygen atoms in total. The largest absolute Gasteiger partial charge is 0.548 e. The van der Waals surface area contributed by atoms with Crippen LogP contribution < -0.4 is 16.2 Å². The van der Waals surface area contributed by atoms with Gasteiger partial charge in [0.15, 0.2) is 6.04 Å². The normalized spacial score (nSPS) is 20.2. The molecule has 0 radical (unpaired) electrons. The zero-order chi connectivity index (χ0) is 30.7. The number of aromatic hydroxyl groups is 2. The van der Waals surface area contributed by atoms with Crippen molar-refractivity contribution in [1.82, 2.24) is 5.32 Å². The lowest BCUT2D eigenvalue weighted by Crippen LogP contribution is -2.39. The quantitative estimate of drug-likeness (QED) is 0.385. The SMILES string of the molecule is C#Cc1ccc(C2=N[C@@H](C(=O)NCC)[C@H](C)O2)c(O)c1.C#Cc1ccc(C2=N[C@@H](C(=O)[O-])[C@H](C)O2)c(O)c1.CCN. The Morgan fingerprint density at radius 3 is 1.68 bits per heavy atom. The number of likely N-dealkylation sites (N-methyl/N-ethyl adjacent to an activating group) is 1. The van der Waals surface area contributed by atoms with Crippen LogP contribution in [0.25, 0.3) is 0 Å². The maximum atomic E-state index is 11.8. The predicted octanol–water partition coefficient (Wildman–Crippen LogP) is 0.666. The first-order valence-corrected chi connectivity index (χ1v) is 12.8. The molecule has 5 N–H and O–H groups in total. The molecule has 0 spiro atoms. The van der Waals surface area contributed by atoms with E-state index in [1.54, 1.807) is 32.0 Å². The monoisotopic (exact) mass is 561 g/mol. The second-order valence-electron chi connectivity index (χ2n) is 8.78. The fourth-order valence-electron chi connectivity index (χ4n) is 3.67. The van der Waals surface area contributed by atoms with Gasteiger partial charge in [0.2, 0.25) is 17.7 Å². The van der Waals surface area contributed by atoms with Crippen LogP contribution in [0.4, 0.5) is 0 Å². The number of carboxylic acids is 1. The summed E-state index contributed by atoms with van der Waals surface area (Å²) in [5, 5.41) is 33.2. The lowest BCUT2D eigenvalue weighted by atomic mass is 10.1. The van der Waals surface area contributed by atoms with Gasteiger partial charge in [0.1, 0.15) is 29.7 Å². The van der Waals surface area contributed by atoms with Gasteiger partial charge in [-0.25, -0.2) is 9.98 Å². The molecule has 11 heteroatoms. The van der Waals surface area contributed by atoms with E-state index >= 15 is 0 Å². The van der Waals surface area contributed by atoms with Crippen LogP contribution in [0, 0.1) is 24.7 Å². The Labute approximate surface area is 239 Å². The summed E-state index contributed by atoms with van der Waals surface area (Å²) in [5.74, 6) is 3.54. The summed E-state index contributed by atoms with van der Waals surface area (Å²) in [6.07, 6.45) is 9.46. The molecule has 2 heterocycles. The van der Waals surface area contributed by atoms with Crippen LogP contribution in [0.3, 0.4) is 0 Å². The van der Waals surface area contributed by atoms with E-state index in [2.05, 4.69) is 27.1 Å². The van der Waals surface area contributed by atoms with Gasteiger partial charge < -0.3 is 40.6 Å². The minimum atomic E-state index is -1.31. The van der Waals surface area contributed by atoms with Crippen LogP contribution in [0.1, 0.15) is 49.9 Å². The van der Waals surface area contributed by atoms with Crippen molar-refractivity contribution >= 4 is 23.7 Å². The van der Waals surface area contributed by atoms with Gasteiger partial charge in [-0.05, 0) is 63.7 Å². The van der Waals surface area contributed by atoms with E-state index in [9.17, 15) is 24.9 Å². The Morgan fingerprint density at radius 1 is 0.927 bits per heavy atom. The zero-order valence-corrected chi connectivity index (χ0v) is 23.2. The maximum absolute atomic E-state index is 11.8. The third-order valence-electron chi connectivity index (χ3n) is 5.65. The number of hydrogen-bond donors (Lipinski definition) is 4. The summed E-state index contributed by atoms with van der Waals surface area (Å²) < 4.78 is 10.9. The van der Waals surface area contributed by atoms with Crippen LogP contribution in [0.5, 0.6) is 11.5 Å². The highest BCUT2D eigenvalue weighted by atomic mass is 16.5. The lowest BCUT2D eigenvalue weighted by molar-refractivity contribution is -0.308. The molecule has 4 atom stereocenters. The molecular weight excluding hydrogens is 528 g/mol. The summed E-state index contributed by atoms with van der Waals surface area (Å²) in [7, 11) is 0. The first-order chi connectivity index (χ1) is 19.5. The van der Waals surface area contributed by atoms with E-state index in [1.165, 1.54) is 18.2 Å². The summed E-state index contributed by atoms with van der Waals surface area (Å²) in [6.45, 7) is 8.37. The molecule has 0 bridgehead atoms. The van der Waals surface area contributed by atoms with Crippen LogP contribution in [-0.2, 0) is 19.1 Å². The number of carboxylic acid groups (broad SMARTS) is 1. The summed E-state index contributed by atoms with van der Waals surface area (Å²) in [4.78, 5) is 30.7. The van der Waals surface area contributed by atoms with Gasteiger partial charge >= 0.3 is 0 Å². The molecule has 0 aliphatic carbocycles. The first kappa shape index (κ1) is 32.2. The smallest absolute Gasteiger partial charge is 0.248 e. The number of terminal acetylenes is 2. The summed E-state index contributed by atoms with van der Waals surface area (Å²) in [6, 6.07) is 7.65. The first-order valence-electron chi connectivity index (χ1n) is 12.8. The van der Waals surface area contributed by atoms with E-state index in [-0.39, 0.29) is 35.3 Å². The third-order valence-corrected chi connectivity index (χ3v) is 5.65. The Morgan fingerprint density at radius 2 is 1.34 bits per heavy atom. The standard InChI is InChI=1S/C15H16N2O3.C13H11NO4.C2H7N/c1-4-10-6-7-11(12(18)8-10)15-17-13(9(3)20-15)14(19)16-5-2;1-3-8-4-5-9(10(15)6-8)12-14-11(13(16)17)7(2)18-12;1-2-3/h1,6-9,13,18H,5H2,2-3H3,(H,16,19);1,4-7,11,15H,2H3,(H,16,17);2-3H2,1H3/p-1/t9-,13+;7-,11+;/m00./s1. The van der Waals surface area contributed by atoms with Crippen molar-refractivity contribution < 1.29 is 34.4 Å². The van der Waals surface area contributed by atoms with Crippen LogP contribution in [0.15, 0.2) is 46.4 Å². The van der Waals surface area contributed by atoms with Gasteiger partial charge in [0.25, 0.3) is 0 Å². The molecule has 1 amide bonds. The molecular formula is C30H33N4O7-. The minimum absolute atomic E-state index is 0.0112. The van der Waals surface area contributed by atoms with E-state index < -0.39 is 24.2 Å². The van der Waals surface area contributed by atoms with Gasteiger partial charge in [-0.1, -0.05) is 18.8 Å². The van der Waals surface area contributed by atoms with Crippen molar-refractivity contribution in [3.63, 3.8) is 0 Å². The molecule has 0 unspecified atom stereocenters.